The van der Waals surface area contributed by atoms with Crippen molar-refractivity contribution in [3.63, 3.8) is 0 Å². The average molecular weight is 326 g/mol. The fourth-order valence-corrected chi connectivity index (χ4v) is 2.37. The Bertz CT molecular complexity index is 620. The third-order valence-electron chi connectivity index (χ3n) is 2.81. The number of hydrogen-bond acceptors (Lipinski definition) is 4. The van der Waals surface area contributed by atoms with E-state index in [1.807, 2.05) is 12.1 Å². The highest BCUT2D eigenvalue weighted by atomic mass is 35.5. The van der Waals surface area contributed by atoms with Gasteiger partial charge in [0.2, 0.25) is 0 Å². The summed E-state index contributed by atoms with van der Waals surface area (Å²) < 4.78 is 5.12. The smallest absolute Gasteiger partial charge is 0.157 e. The summed E-state index contributed by atoms with van der Waals surface area (Å²) in [4.78, 5) is 8.91. The van der Waals surface area contributed by atoms with E-state index in [0.29, 0.717) is 22.5 Å². The number of methoxy groups -OCH3 is 1. The molecule has 0 unspecified atom stereocenters. The standard InChI is InChI=1S/C15H17Cl2N3O/c1-3-6-18-14-8-13(19-15(20-14)9-21-2)11-5-4-10(16)7-12(11)17/h4-5,7-8H,3,6,9H2,1-2H3,(H,18,19,20). The van der Waals surface area contributed by atoms with E-state index >= 15 is 0 Å². The lowest BCUT2D eigenvalue weighted by atomic mass is 10.1. The summed E-state index contributed by atoms with van der Waals surface area (Å²) in [5, 5.41) is 4.42. The first kappa shape index (κ1) is 16.0. The highest BCUT2D eigenvalue weighted by Gasteiger charge is 2.10. The van der Waals surface area contributed by atoms with Gasteiger partial charge in [0.05, 0.1) is 10.7 Å². The second-order valence-electron chi connectivity index (χ2n) is 4.54. The molecule has 1 heterocycles. The number of nitrogens with zero attached hydrogens (tertiary/aromatic N) is 2. The zero-order valence-corrected chi connectivity index (χ0v) is 13.5. The molecule has 1 aromatic carbocycles. The maximum absolute atomic E-state index is 6.25. The summed E-state index contributed by atoms with van der Waals surface area (Å²) >= 11 is 12.2. The van der Waals surface area contributed by atoms with E-state index in [1.165, 1.54) is 0 Å². The molecule has 1 N–H and O–H groups in total. The van der Waals surface area contributed by atoms with Crippen molar-refractivity contribution in [1.29, 1.82) is 0 Å². The van der Waals surface area contributed by atoms with Crippen molar-refractivity contribution in [2.24, 2.45) is 0 Å². The first-order valence-electron chi connectivity index (χ1n) is 6.70. The van der Waals surface area contributed by atoms with E-state index in [-0.39, 0.29) is 0 Å². The Morgan fingerprint density at radius 1 is 1.19 bits per heavy atom. The highest BCUT2D eigenvalue weighted by Crippen LogP contribution is 2.30. The predicted molar refractivity (Wildman–Crippen MR) is 87.0 cm³/mol. The minimum Gasteiger partial charge on any atom is -0.377 e. The van der Waals surface area contributed by atoms with Gasteiger partial charge in [-0.2, -0.15) is 0 Å². The number of benzene rings is 1. The van der Waals surface area contributed by atoms with Crippen LogP contribution in [0.15, 0.2) is 24.3 Å². The van der Waals surface area contributed by atoms with Crippen molar-refractivity contribution >= 4 is 29.0 Å². The number of ether oxygens (including phenoxy) is 1. The van der Waals surface area contributed by atoms with E-state index in [4.69, 9.17) is 27.9 Å². The quantitative estimate of drug-likeness (QED) is 0.854. The van der Waals surface area contributed by atoms with E-state index in [1.54, 1.807) is 19.2 Å². The number of rotatable bonds is 6. The topological polar surface area (TPSA) is 47.0 Å². The molecule has 112 valence electrons. The molecule has 4 nitrogen and oxygen atoms in total. The Balaban J connectivity index is 2.43. The minimum atomic E-state index is 0.347. The van der Waals surface area contributed by atoms with E-state index in [0.717, 1.165) is 30.0 Å². The highest BCUT2D eigenvalue weighted by molar-refractivity contribution is 6.36. The van der Waals surface area contributed by atoms with Crippen molar-refractivity contribution in [2.75, 3.05) is 19.0 Å². The molecular weight excluding hydrogens is 309 g/mol. The lowest BCUT2D eigenvalue weighted by Gasteiger charge is -2.10. The molecule has 2 rings (SSSR count). The number of hydrogen-bond donors (Lipinski definition) is 1. The van der Waals surface area contributed by atoms with Crippen LogP contribution in [-0.2, 0) is 11.3 Å². The maximum atomic E-state index is 6.25. The van der Waals surface area contributed by atoms with Gasteiger partial charge in [-0.1, -0.05) is 30.1 Å². The molecule has 6 heteroatoms. The second kappa shape index (κ2) is 7.59. The number of halogens is 2. The van der Waals surface area contributed by atoms with Gasteiger partial charge in [0.1, 0.15) is 12.4 Å². The van der Waals surface area contributed by atoms with Gasteiger partial charge in [-0.05, 0) is 24.6 Å². The number of anilines is 1. The van der Waals surface area contributed by atoms with Gasteiger partial charge >= 0.3 is 0 Å². The number of aromatic nitrogens is 2. The first-order valence-corrected chi connectivity index (χ1v) is 7.45. The molecule has 0 amide bonds. The van der Waals surface area contributed by atoms with Gasteiger partial charge in [-0.3, -0.25) is 0 Å². The van der Waals surface area contributed by atoms with Crippen LogP contribution < -0.4 is 5.32 Å². The van der Waals surface area contributed by atoms with E-state index in [2.05, 4.69) is 22.2 Å². The third-order valence-corrected chi connectivity index (χ3v) is 3.36. The summed E-state index contributed by atoms with van der Waals surface area (Å²) in [6.07, 6.45) is 1.01. The Morgan fingerprint density at radius 3 is 2.67 bits per heavy atom. The summed E-state index contributed by atoms with van der Waals surface area (Å²) in [6, 6.07) is 7.23. The van der Waals surface area contributed by atoms with Gasteiger partial charge in [0, 0.05) is 30.3 Å². The predicted octanol–water partition coefficient (Wildman–Crippen LogP) is 4.42. The normalized spacial score (nSPS) is 10.7. The molecule has 0 aliphatic heterocycles. The Kier molecular flexibility index (Phi) is 5.79. The van der Waals surface area contributed by atoms with Crippen molar-refractivity contribution < 1.29 is 4.74 Å². The van der Waals surface area contributed by atoms with Crippen molar-refractivity contribution in [3.8, 4) is 11.3 Å². The van der Waals surface area contributed by atoms with Gasteiger partial charge in [-0.15, -0.1) is 0 Å². The summed E-state index contributed by atoms with van der Waals surface area (Å²) in [6.45, 7) is 3.29. The number of nitrogens with one attached hydrogen (secondary N) is 1. The Hall–Kier alpha value is -1.36. The maximum Gasteiger partial charge on any atom is 0.157 e. The SMILES string of the molecule is CCCNc1cc(-c2ccc(Cl)cc2Cl)nc(COC)n1. The van der Waals surface area contributed by atoms with Crippen molar-refractivity contribution in [3.05, 3.63) is 40.1 Å². The van der Waals surface area contributed by atoms with Crippen molar-refractivity contribution in [2.45, 2.75) is 20.0 Å². The van der Waals surface area contributed by atoms with Gasteiger partial charge in [-0.25, -0.2) is 9.97 Å². The Morgan fingerprint density at radius 2 is 2.00 bits per heavy atom. The average Bonchev–Trinajstić information content (AvgIpc) is 2.45. The van der Waals surface area contributed by atoms with Crippen LogP contribution >= 0.6 is 23.2 Å². The molecule has 0 spiro atoms. The fraction of sp³-hybridized carbons (Fsp3) is 0.333. The molecule has 0 saturated carbocycles. The molecule has 0 saturated heterocycles. The molecule has 1 aromatic heterocycles. The second-order valence-corrected chi connectivity index (χ2v) is 5.38. The lowest BCUT2D eigenvalue weighted by molar-refractivity contribution is 0.178. The van der Waals surface area contributed by atoms with Gasteiger partial charge < -0.3 is 10.1 Å². The monoisotopic (exact) mass is 325 g/mol. The van der Waals surface area contributed by atoms with Crippen LogP contribution in [0.1, 0.15) is 19.2 Å². The molecule has 0 aliphatic carbocycles. The molecular formula is C15H17Cl2N3O. The van der Waals surface area contributed by atoms with E-state index in [9.17, 15) is 0 Å². The summed E-state index contributed by atoms with van der Waals surface area (Å²) in [5.41, 5.74) is 1.57. The molecule has 2 aromatic rings. The summed E-state index contributed by atoms with van der Waals surface area (Å²) in [7, 11) is 1.62. The largest absolute Gasteiger partial charge is 0.377 e. The summed E-state index contributed by atoms with van der Waals surface area (Å²) in [5.74, 6) is 1.37. The zero-order chi connectivity index (χ0) is 15.2. The molecule has 0 bridgehead atoms. The van der Waals surface area contributed by atoms with Crippen LogP contribution in [0, 0.1) is 0 Å². The molecule has 0 radical (unpaired) electrons. The van der Waals surface area contributed by atoms with Crippen LogP contribution in [0.25, 0.3) is 11.3 Å². The third kappa shape index (κ3) is 4.30. The van der Waals surface area contributed by atoms with Crippen LogP contribution in [0.4, 0.5) is 5.82 Å². The van der Waals surface area contributed by atoms with Crippen LogP contribution in [0.3, 0.4) is 0 Å². The zero-order valence-electron chi connectivity index (χ0n) is 12.0. The van der Waals surface area contributed by atoms with Crippen molar-refractivity contribution in [1.82, 2.24) is 9.97 Å². The fourth-order valence-electron chi connectivity index (χ4n) is 1.87. The first-order chi connectivity index (χ1) is 10.1. The molecule has 21 heavy (non-hydrogen) atoms. The van der Waals surface area contributed by atoms with Crippen LogP contribution in [0.2, 0.25) is 10.0 Å². The Labute approximate surface area is 134 Å². The minimum absolute atomic E-state index is 0.347. The van der Waals surface area contributed by atoms with Gasteiger partial charge in [0.15, 0.2) is 5.82 Å². The van der Waals surface area contributed by atoms with Gasteiger partial charge in [0.25, 0.3) is 0 Å². The van der Waals surface area contributed by atoms with Crippen LogP contribution in [-0.4, -0.2) is 23.6 Å². The van der Waals surface area contributed by atoms with E-state index < -0.39 is 0 Å². The van der Waals surface area contributed by atoms with Crippen LogP contribution in [0.5, 0.6) is 0 Å². The lowest BCUT2D eigenvalue weighted by Crippen LogP contribution is -2.06. The molecule has 0 aliphatic rings. The molecule has 0 fully saturated rings. The molecule has 0 atom stereocenters.